The lowest BCUT2D eigenvalue weighted by molar-refractivity contribution is -0.135. The Bertz CT molecular complexity index is 435. The van der Waals surface area contributed by atoms with E-state index in [1.54, 1.807) is 18.2 Å². The average molecular weight is 271 g/mol. The molecule has 18 heavy (non-hydrogen) atoms. The molecule has 0 saturated carbocycles. The Hall–Kier alpha value is -1.30. The van der Waals surface area contributed by atoms with Crippen LogP contribution >= 0.6 is 11.6 Å². The monoisotopic (exact) mass is 270 g/mol. The van der Waals surface area contributed by atoms with Crippen LogP contribution in [-0.4, -0.2) is 31.8 Å². The van der Waals surface area contributed by atoms with Crippen LogP contribution in [0.15, 0.2) is 18.2 Å². The van der Waals surface area contributed by atoms with Gasteiger partial charge in [-0.3, -0.25) is 4.79 Å². The second-order valence-electron chi connectivity index (χ2n) is 4.06. The number of carbonyl (C=O) groups is 1. The highest BCUT2D eigenvalue weighted by atomic mass is 35.5. The van der Waals surface area contributed by atoms with E-state index in [9.17, 15) is 4.79 Å². The van der Waals surface area contributed by atoms with Crippen molar-refractivity contribution in [2.75, 3.05) is 30.9 Å². The van der Waals surface area contributed by atoms with E-state index in [0.717, 1.165) is 0 Å². The van der Waals surface area contributed by atoms with Gasteiger partial charge in [-0.05, 0) is 18.2 Å². The number of carbonyl (C=O) groups excluding carboxylic acids is 1. The highest BCUT2D eigenvalue weighted by molar-refractivity contribution is 6.31. The fraction of sp³-hybridized carbons (Fsp3) is 0.417. The van der Waals surface area contributed by atoms with Crippen LogP contribution in [0.2, 0.25) is 5.02 Å². The van der Waals surface area contributed by atoms with E-state index in [1.165, 1.54) is 0 Å². The molecular weight excluding hydrogens is 256 g/mol. The second kappa shape index (κ2) is 6.04. The quantitative estimate of drug-likeness (QED) is 0.798. The standard InChI is InChI=1S/C12H15ClN2O3/c13-8-1-2-11(10(14)5-8)15-12(16)3-4-18-9-6-17-7-9/h1-2,5,9H,3-4,6-7,14H2,(H,15,16). The summed E-state index contributed by atoms with van der Waals surface area (Å²) in [5.74, 6) is -0.135. The van der Waals surface area contributed by atoms with E-state index < -0.39 is 0 Å². The zero-order valence-corrected chi connectivity index (χ0v) is 10.6. The molecule has 0 aliphatic carbocycles. The van der Waals surface area contributed by atoms with Crippen molar-refractivity contribution < 1.29 is 14.3 Å². The van der Waals surface area contributed by atoms with E-state index in [1.807, 2.05) is 0 Å². The summed E-state index contributed by atoms with van der Waals surface area (Å²) < 4.78 is 10.4. The summed E-state index contributed by atoms with van der Waals surface area (Å²) in [7, 11) is 0. The summed E-state index contributed by atoms with van der Waals surface area (Å²) in [6.07, 6.45) is 0.428. The SMILES string of the molecule is Nc1cc(Cl)ccc1NC(=O)CCOC1COC1. The van der Waals surface area contributed by atoms with Crippen LogP contribution in [0.25, 0.3) is 0 Å². The van der Waals surface area contributed by atoms with Crippen molar-refractivity contribution in [1.82, 2.24) is 0 Å². The van der Waals surface area contributed by atoms with Gasteiger partial charge in [-0.25, -0.2) is 0 Å². The third kappa shape index (κ3) is 3.60. The lowest BCUT2D eigenvalue weighted by Crippen LogP contribution is -2.36. The number of ether oxygens (including phenoxy) is 2. The summed E-state index contributed by atoms with van der Waals surface area (Å²) >= 11 is 5.77. The van der Waals surface area contributed by atoms with Crippen LogP contribution in [0.1, 0.15) is 6.42 Å². The van der Waals surface area contributed by atoms with Gasteiger partial charge in [0, 0.05) is 5.02 Å². The van der Waals surface area contributed by atoms with Gasteiger partial charge in [0.05, 0.1) is 37.6 Å². The number of amides is 1. The molecule has 0 unspecified atom stereocenters. The number of anilines is 2. The molecule has 1 saturated heterocycles. The van der Waals surface area contributed by atoms with Crippen LogP contribution in [0.5, 0.6) is 0 Å². The smallest absolute Gasteiger partial charge is 0.226 e. The third-order valence-corrected chi connectivity index (χ3v) is 2.81. The van der Waals surface area contributed by atoms with Crippen LogP contribution in [0.3, 0.4) is 0 Å². The molecule has 2 rings (SSSR count). The number of hydrogen-bond acceptors (Lipinski definition) is 4. The van der Waals surface area contributed by atoms with Crippen molar-refractivity contribution >= 4 is 28.9 Å². The first-order valence-corrected chi connectivity index (χ1v) is 6.07. The van der Waals surface area contributed by atoms with Crippen molar-refractivity contribution in [1.29, 1.82) is 0 Å². The topological polar surface area (TPSA) is 73.6 Å². The molecule has 0 atom stereocenters. The molecule has 3 N–H and O–H groups in total. The number of hydrogen-bond donors (Lipinski definition) is 2. The van der Waals surface area contributed by atoms with Crippen molar-refractivity contribution in [3.8, 4) is 0 Å². The number of halogens is 1. The highest BCUT2D eigenvalue weighted by Gasteiger charge is 2.18. The van der Waals surface area contributed by atoms with Crippen LogP contribution in [-0.2, 0) is 14.3 Å². The minimum Gasteiger partial charge on any atom is -0.397 e. The van der Waals surface area contributed by atoms with Gasteiger partial charge >= 0.3 is 0 Å². The second-order valence-corrected chi connectivity index (χ2v) is 4.50. The van der Waals surface area contributed by atoms with Crippen LogP contribution in [0, 0.1) is 0 Å². The molecule has 98 valence electrons. The molecule has 0 radical (unpaired) electrons. The molecular formula is C12H15ClN2O3. The van der Waals surface area contributed by atoms with Gasteiger partial charge in [0.15, 0.2) is 0 Å². The van der Waals surface area contributed by atoms with Crippen molar-refractivity contribution in [2.24, 2.45) is 0 Å². The third-order valence-electron chi connectivity index (χ3n) is 2.58. The normalized spacial score (nSPS) is 15.2. The Labute approximate surface area is 110 Å². The molecule has 1 aliphatic rings. The van der Waals surface area contributed by atoms with Crippen molar-refractivity contribution in [2.45, 2.75) is 12.5 Å². The van der Waals surface area contributed by atoms with Crippen molar-refractivity contribution in [3.05, 3.63) is 23.2 Å². The number of benzene rings is 1. The first-order valence-electron chi connectivity index (χ1n) is 5.69. The molecule has 0 aromatic heterocycles. The average Bonchev–Trinajstić information content (AvgIpc) is 2.26. The Kier molecular flexibility index (Phi) is 4.41. The summed E-state index contributed by atoms with van der Waals surface area (Å²) in [5.41, 5.74) is 6.74. The predicted molar refractivity (Wildman–Crippen MR) is 69.7 cm³/mol. The number of nitrogens with two attached hydrogens (primary N) is 1. The number of nitrogen functional groups attached to an aromatic ring is 1. The van der Waals surface area contributed by atoms with E-state index in [2.05, 4.69) is 5.32 Å². The largest absolute Gasteiger partial charge is 0.397 e. The molecule has 6 heteroatoms. The maximum absolute atomic E-state index is 11.6. The molecule has 1 aromatic rings. The molecule has 0 bridgehead atoms. The van der Waals surface area contributed by atoms with E-state index in [-0.39, 0.29) is 12.0 Å². The summed E-state index contributed by atoms with van der Waals surface area (Å²) in [6.45, 7) is 1.62. The molecule has 1 heterocycles. The van der Waals surface area contributed by atoms with Crippen LogP contribution in [0.4, 0.5) is 11.4 Å². The fourth-order valence-corrected chi connectivity index (χ4v) is 1.67. The Morgan fingerprint density at radius 1 is 1.56 bits per heavy atom. The zero-order chi connectivity index (χ0) is 13.0. The van der Waals surface area contributed by atoms with Gasteiger partial charge in [-0.2, -0.15) is 0 Å². The van der Waals surface area contributed by atoms with E-state index >= 15 is 0 Å². The molecule has 1 fully saturated rings. The Balaban J connectivity index is 1.75. The molecule has 1 aromatic carbocycles. The van der Waals surface area contributed by atoms with Gasteiger partial charge in [0.2, 0.25) is 5.91 Å². The van der Waals surface area contributed by atoms with Gasteiger partial charge < -0.3 is 20.5 Å². The predicted octanol–water partition coefficient (Wildman–Crippen LogP) is 1.67. The zero-order valence-electron chi connectivity index (χ0n) is 9.82. The van der Waals surface area contributed by atoms with Crippen molar-refractivity contribution in [3.63, 3.8) is 0 Å². The van der Waals surface area contributed by atoms with Gasteiger partial charge in [-0.15, -0.1) is 0 Å². The maximum Gasteiger partial charge on any atom is 0.226 e. The van der Waals surface area contributed by atoms with Gasteiger partial charge in [0.1, 0.15) is 6.10 Å². The molecule has 0 spiro atoms. The Morgan fingerprint density at radius 3 is 2.94 bits per heavy atom. The highest BCUT2D eigenvalue weighted by Crippen LogP contribution is 2.22. The first-order chi connectivity index (χ1) is 8.65. The Morgan fingerprint density at radius 2 is 2.33 bits per heavy atom. The summed E-state index contributed by atoms with van der Waals surface area (Å²) in [4.78, 5) is 11.6. The lowest BCUT2D eigenvalue weighted by Gasteiger charge is -2.25. The number of rotatable bonds is 5. The minimum atomic E-state index is -0.135. The fourth-order valence-electron chi connectivity index (χ4n) is 1.49. The molecule has 1 aliphatic heterocycles. The van der Waals surface area contributed by atoms with E-state index in [4.69, 9.17) is 26.8 Å². The molecule has 5 nitrogen and oxygen atoms in total. The summed E-state index contributed by atoms with van der Waals surface area (Å²) in [6, 6.07) is 4.95. The number of nitrogens with one attached hydrogen (secondary N) is 1. The first kappa shape index (κ1) is 13.1. The van der Waals surface area contributed by atoms with Gasteiger partial charge in [-0.1, -0.05) is 11.6 Å². The lowest BCUT2D eigenvalue weighted by atomic mass is 10.2. The van der Waals surface area contributed by atoms with Crippen LogP contribution < -0.4 is 11.1 Å². The maximum atomic E-state index is 11.6. The molecule has 1 amide bonds. The minimum absolute atomic E-state index is 0.135. The summed E-state index contributed by atoms with van der Waals surface area (Å²) in [5, 5.41) is 3.25. The van der Waals surface area contributed by atoms with Gasteiger partial charge in [0.25, 0.3) is 0 Å². The van der Waals surface area contributed by atoms with E-state index in [0.29, 0.717) is 42.6 Å².